The number of halogens is 3. The summed E-state index contributed by atoms with van der Waals surface area (Å²) < 4.78 is 6.03. The molecule has 0 aromatic heterocycles. The van der Waals surface area contributed by atoms with Crippen LogP contribution in [-0.4, -0.2) is 22.8 Å². The second-order valence-corrected chi connectivity index (χ2v) is 6.64. The van der Waals surface area contributed by atoms with Crippen LogP contribution in [0.15, 0.2) is 39.3 Å². The van der Waals surface area contributed by atoms with E-state index in [0.29, 0.717) is 25.3 Å². The van der Waals surface area contributed by atoms with Gasteiger partial charge in [0.2, 0.25) is 0 Å². The Morgan fingerprint density at radius 2 is 1.88 bits per heavy atom. The monoisotopic (exact) mass is 475 g/mol. The fourth-order valence-electron chi connectivity index (χ4n) is 1.54. The molecule has 0 unspecified atom stereocenters. The van der Waals surface area contributed by atoms with Crippen LogP contribution >= 0.6 is 43.5 Å². The number of phenols is 1. The number of rotatable bonds is 3. The van der Waals surface area contributed by atoms with Crippen molar-refractivity contribution in [1.82, 2.24) is 0 Å². The summed E-state index contributed by atoms with van der Waals surface area (Å²) in [5.41, 5.74) is 1.33. The summed E-state index contributed by atoms with van der Waals surface area (Å²) in [6, 6.07) is 10.1. The first kappa shape index (κ1) is 20.3. The van der Waals surface area contributed by atoms with Gasteiger partial charge in [-0.2, -0.15) is 5.26 Å². The molecule has 0 heterocycles. The van der Waals surface area contributed by atoms with Crippen LogP contribution in [0, 0.1) is 18.3 Å². The van der Waals surface area contributed by atoms with E-state index < -0.39 is 5.97 Å². The number of aromatic hydroxyl groups is 1. The first-order valence-corrected chi connectivity index (χ1v) is 8.39. The summed E-state index contributed by atoms with van der Waals surface area (Å²) in [6.45, 7) is 1.48. The molecule has 2 rings (SSSR count). The van der Waals surface area contributed by atoms with Crippen molar-refractivity contribution in [1.29, 1.82) is 5.26 Å². The molecule has 2 aromatic carbocycles. The summed E-state index contributed by atoms with van der Waals surface area (Å²) in [6.07, 6.45) is 0. The Kier molecular flexibility index (Phi) is 8.05. The molecular weight excluding hydrogens is 465 g/mol. The zero-order valence-corrected chi connectivity index (χ0v) is 16.3. The predicted molar refractivity (Wildman–Crippen MR) is 97.5 cm³/mol. The Balaban J connectivity index is 0.000000243. The van der Waals surface area contributed by atoms with Crippen molar-refractivity contribution in [2.75, 3.05) is 6.61 Å². The molecule has 0 bridgehead atoms. The van der Waals surface area contributed by atoms with Gasteiger partial charge in [0, 0.05) is 5.02 Å². The maximum Gasteiger partial charge on any atom is 0.341 e. The molecule has 0 aliphatic carbocycles. The van der Waals surface area contributed by atoms with Crippen LogP contribution in [0.3, 0.4) is 0 Å². The lowest BCUT2D eigenvalue weighted by Gasteiger charge is -2.06. The van der Waals surface area contributed by atoms with Crippen LogP contribution in [0.4, 0.5) is 0 Å². The average molecular weight is 478 g/mol. The number of nitrogens with zero attached hydrogens (tertiary/aromatic N) is 1. The number of carboxylic acids is 1. The van der Waals surface area contributed by atoms with Gasteiger partial charge in [0.15, 0.2) is 6.61 Å². The number of aryl methyl sites for hydroxylation is 1. The summed E-state index contributed by atoms with van der Waals surface area (Å²) in [5.74, 6) is -0.329. The third-order valence-corrected chi connectivity index (χ3v) is 4.08. The standard InChI is InChI=1S/C9H9ClO3.C7H3Br2NO/c1-6-4-7(10)2-3-8(6)13-5-9(11)12;8-5-1-4(3-10)2-6(9)7(5)11/h2-4H,5H2,1H3,(H,11,12);1-2,11H. The number of hydrogen-bond acceptors (Lipinski definition) is 4. The number of ether oxygens (including phenoxy) is 1. The minimum atomic E-state index is -0.991. The maximum absolute atomic E-state index is 10.2. The Bertz CT molecular complexity index is 767. The molecule has 126 valence electrons. The molecule has 0 atom stereocenters. The van der Waals surface area contributed by atoms with Crippen LogP contribution < -0.4 is 4.74 Å². The van der Waals surface area contributed by atoms with Gasteiger partial charge >= 0.3 is 5.97 Å². The topological polar surface area (TPSA) is 90.5 Å². The molecular formula is C16H12Br2ClNO4. The number of carboxylic acid groups (broad SMARTS) is 1. The van der Waals surface area contributed by atoms with E-state index in [1.54, 1.807) is 30.3 Å². The lowest BCUT2D eigenvalue weighted by Crippen LogP contribution is -2.09. The molecule has 0 radical (unpaired) electrons. The molecule has 0 amide bonds. The molecule has 0 aliphatic heterocycles. The number of nitriles is 1. The molecule has 0 spiro atoms. The third-order valence-electron chi connectivity index (χ3n) is 2.63. The summed E-state index contributed by atoms with van der Waals surface area (Å²) in [5, 5.41) is 26.7. The number of benzene rings is 2. The van der Waals surface area contributed by atoms with Gasteiger partial charge in [0.05, 0.1) is 20.6 Å². The first-order chi connectivity index (χ1) is 11.2. The highest BCUT2D eigenvalue weighted by Gasteiger charge is 2.04. The summed E-state index contributed by atoms with van der Waals surface area (Å²) in [4.78, 5) is 10.2. The largest absolute Gasteiger partial charge is 0.506 e. The van der Waals surface area contributed by atoms with E-state index >= 15 is 0 Å². The van der Waals surface area contributed by atoms with Crippen molar-refractivity contribution in [3.05, 3.63) is 55.4 Å². The molecule has 8 heteroatoms. The van der Waals surface area contributed by atoms with Crippen molar-refractivity contribution in [3.63, 3.8) is 0 Å². The van der Waals surface area contributed by atoms with Gasteiger partial charge in [-0.15, -0.1) is 0 Å². The lowest BCUT2D eigenvalue weighted by molar-refractivity contribution is -0.139. The van der Waals surface area contributed by atoms with Gasteiger partial charge in [0.25, 0.3) is 0 Å². The minimum Gasteiger partial charge on any atom is -0.506 e. The second kappa shape index (κ2) is 9.52. The van der Waals surface area contributed by atoms with E-state index in [-0.39, 0.29) is 12.4 Å². The molecule has 0 saturated carbocycles. The Hall–Kier alpha value is -1.75. The van der Waals surface area contributed by atoms with Gasteiger partial charge in [-0.3, -0.25) is 0 Å². The number of aliphatic carboxylic acids is 1. The van der Waals surface area contributed by atoms with E-state index in [1.807, 2.05) is 13.0 Å². The molecule has 0 fully saturated rings. The zero-order chi connectivity index (χ0) is 18.3. The van der Waals surface area contributed by atoms with Gasteiger partial charge < -0.3 is 14.9 Å². The molecule has 2 aromatic rings. The maximum atomic E-state index is 10.2. The average Bonchev–Trinajstić information content (AvgIpc) is 2.51. The predicted octanol–water partition coefficient (Wildman–Crippen LogP) is 4.90. The van der Waals surface area contributed by atoms with Gasteiger partial charge in [0.1, 0.15) is 11.5 Å². The van der Waals surface area contributed by atoms with Gasteiger partial charge in [-0.25, -0.2) is 4.79 Å². The van der Waals surface area contributed by atoms with Crippen LogP contribution in [0.1, 0.15) is 11.1 Å². The van der Waals surface area contributed by atoms with Crippen molar-refractivity contribution in [2.45, 2.75) is 6.92 Å². The van der Waals surface area contributed by atoms with Crippen molar-refractivity contribution >= 4 is 49.4 Å². The van der Waals surface area contributed by atoms with E-state index in [1.165, 1.54) is 0 Å². The number of carbonyl (C=O) groups is 1. The normalized spacial score (nSPS) is 9.46. The van der Waals surface area contributed by atoms with E-state index in [4.69, 9.17) is 26.7 Å². The summed E-state index contributed by atoms with van der Waals surface area (Å²) in [7, 11) is 0. The molecule has 5 nitrogen and oxygen atoms in total. The van der Waals surface area contributed by atoms with Crippen LogP contribution in [0.2, 0.25) is 5.02 Å². The van der Waals surface area contributed by atoms with E-state index in [0.717, 1.165) is 5.56 Å². The van der Waals surface area contributed by atoms with Crippen LogP contribution in [0.5, 0.6) is 11.5 Å². The fraction of sp³-hybridized carbons (Fsp3) is 0.125. The quantitative estimate of drug-likeness (QED) is 0.656. The SMILES string of the molecule is Cc1cc(Cl)ccc1OCC(=O)O.N#Cc1cc(Br)c(O)c(Br)c1. The smallest absolute Gasteiger partial charge is 0.341 e. The van der Waals surface area contributed by atoms with E-state index in [2.05, 4.69) is 31.9 Å². The highest BCUT2D eigenvalue weighted by Crippen LogP contribution is 2.32. The first-order valence-electron chi connectivity index (χ1n) is 6.43. The van der Waals surface area contributed by atoms with Gasteiger partial charge in [-0.05, 0) is 74.7 Å². The summed E-state index contributed by atoms with van der Waals surface area (Å²) >= 11 is 11.9. The van der Waals surface area contributed by atoms with Crippen molar-refractivity contribution in [2.24, 2.45) is 0 Å². The van der Waals surface area contributed by atoms with Crippen LogP contribution in [-0.2, 0) is 4.79 Å². The molecule has 0 aliphatic rings. The molecule has 24 heavy (non-hydrogen) atoms. The lowest BCUT2D eigenvalue weighted by atomic mass is 10.2. The highest BCUT2D eigenvalue weighted by molar-refractivity contribution is 9.11. The molecule has 0 saturated heterocycles. The Morgan fingerprint density at radius 1 is 1.29 bits per heavy atom. The minimum absolute atomic E-state index is 0.115. The zero-order valence-electron chi connectivity index (χ0n) is 12.4. The highest BCUT2D eigenvalue weighted by atomic mass is 79.9. The van der Waals surface area contributed by atoms with E-state index in [9.17, 15) is 9.90 Å². The third kappa shape index (κ3) is 6.40. The van der Waals surface area contributed by atoms with Crippen molar-refractivity contribution in [3.8, 4) is 17.6 Å². The van der Waals surface area contributed by atoms with Crippen LogP contribution in [0.25, 0.3) is 0 Å². The Morgan fingerprint density at radius 3 is 2.33 bits per heavy atom. The second-order valence-electron chi connectivity index (χ2n) is 4.49. The molecule has 2 N–H and O–H groups in total. The number of phenolic OH excluding ortho intramolecular Hbond substituents is 1. The van der Waals surface area contributed by atoms with Gasteiger partial charge in [-0.1, -0.05) is 11.6 Å². The fourth-order valence-corrected chi connectivity index (χ4v) is 2.96. The van der Waals surface area contributed by atoms with Crippen molar-refractivity contribution < 1.29 is 19.7 Å². The Labute approximate surface area is 160 Å². The number of hydrogen-bond donors (Lipinski definition) is 2.